The fraction of sp³-hybridized carbons (Fsp3) is 0.533. The van der Waals surface area contributed by atoms with Crippen molar-refractivity contribution >= 4 is 11.0 Å². The molecule has 2 heterocycles. The van der Waals surface area contributed by atoms with Crippen molar-refractivity contribution in [3.05, 3.63) is 30.1 Å². The fourth-order valence-electron chi connectivity index (χ4n) is 2.18. The smallest absolute Gasteiger partial charge is 0.140 e. The second kappa shape index (κ2) is 6.68. The normalized spacial score (nSPS) is 11.6. The molecule has 0 saturated carbocycles. The summed E-state index contributed by atoms with van der Waals surface area (Å²) in [6.07, 6.45) is 4.02. The van der Waals surface area contributed by atoms with Gasteiger partial charge in [0.1, 0.15) is 5.65 Å². The minimum absolute atomic E-state index is 0.583. The molecule has 0 saturated heterocycles. The Kier molecular flexibility index (Phi) is 4.93. The molecule has 2 aromatic heterocycles. The molecule has 4 heteroatoms. The van der Waals surface area contributed by atoms with E-state index in [4.69, 9.17) is 4.74 Å². The van der Waals surface area contributed by atoms with E-state index in [9.17, 15) is 0 Å². The Labute approximate surface area is 114 Å². The maximum absolute atomic E-state index is 5.65. The van der Waals surface area contributed by atoms with Gasteiger partial charge in [-0.05, 0) is 30.7 Å². The van der Waals surface area contributed by atoms with Crippen LogP contribution in [0.4, 0.5) is 0 Å². The highest BCUT2D eigenvalue weighted by atomic mass is 16.5. The lowest BCUT2D eigenvalue weighted by atomic mass is 10.2. The lowest BCUT2D eigenvalue weighted by molar-refractivity contribution is 0.104. The first-order valence-electron chi connectivity index (χ1n) is 6.87. The quantitative estimate of drug-likeness (QED) is 0.778. The summed E-state index contributed by atoms with van der Waals surface area (Å²) in [5.74, 6) is 0.583. The first-order chi connectivity index (χ1) is 9.22. The van der Waals surface area contributed by atoms with Crippen molar-refractivity contribution in [1.29, 1.82) is 0 Å². The number of hydrogen-bond donors (Lipinski definition) is 1. The minimum atomic E-state index is 0.583. The number of fused-ring (bicyclic) bond motifs is 1. The van der Waals surface area contributed by atoms with Crippen molar-refractivity contribution in [3.8, 4) is 0 Å². The zero-order valence-electron chi connectivity index (χ0n) is 12.0. The van der Waals surface area contributed by atoms with Crippen LogP contribution >= 0.6 is 0 Å². The molecule has 1 N–H and O–H groups in total. The van der Waals surface area contributed by atoms with Gasteiger partial charge in [0.2, 0.25) is 0 Å². The molecule has 0 aliphatic heterocycles. The molecule has 104 valence electrons. The molecule has 19 heavy (non-hydrogen) atoms. The van der Waals surface area contributed by atoms with Crippen molar-refractivity contribution in [2.24, 2.45) is 5.92 Å². The van der Waals surface area contributed by atoms with E-state index in [0.717, 1.165) is 32.0 Å². The van der Waals surface area contributed by atoms with E-state index in [1.807, 2.05) is 19.3 Å². The summed E-state index contributed by atoms with van der Waals surface area (Å²) < 4.78 is 7.84. The number of rotatable bonds is 7. The summed E-state index contributed by atoms with van der Waals surface area (Å²) in [7, 11) is 1.96. The van der Waals surface area contributed by atoms with E-state index >= 15 is 0 Å². The van der Waals surface area contributed by atoms with Crippen LogP contribution in [0.5, 0.6) is 0 Å². The Morgan fingerprint density at radius 2 is 2.26 bits per heavy atom. The van der Waals surface area contributed by atoms with Gasteiger partial charge in [-0.3, -0.25) is 0 Å². The lowest BCUT2D eigenvalue weighted by Crippen LogP contribution is -2.09. The molecule has 0 bridgehead atoms. The topological polar surface area (TPSA) is 39.1 Å². The maximum atomic E-state index is 5.65. The largest absolute Gasteiger partial charge is 0.379 e. The number of pyridine rings is 1. The molecule has 0 aromatic carbocycles. The molecular formula is C15H23N3O. The Morgan fingerprint density at radius 3 is 3.00 bits per heavy atom. The standard InChI is InChI=1S/C15H23N3O/c1-12(2)11-19-8-7-18-10-13(9-16-3)14-5-4-6-17-15(14)18/h4-6,10,12,16H,7-9,11H2,1-3H3. The van der Waals surface area contributed by atoms with Crippen molar-refractivity contribution in [3.63, 3.8) is 0 Å². The van der Waals surface area contributed by atoms with Crippen LogP contribution < -0.4 is 5.32 Å². The van der Waals surface area contributed by atoms with Crippen LogP contribution in [0.1, 0.15) is 19.4 Å². The summed E-state index contributed by atoms with van der Waals surface area (Å²) in [5, 5.41) is 4.42. The van der Waals surface area contributed by atoms with Crippen molar-refractivity contribution < 1.29 is 4.74 Å². The maximum Gasteiger partial charge on any atom is 0.140 e. The first kappa shape index (κ1) is 14.0. The van der Waals surface area contributed by atoms with E-state index < -0.39 is 0 Å². The van der Waals surface area contributed by atoms with Gasteiger partial charge in [-0.1, -0.05) is 13.8 Å². The van der Waals surface area contributed by atoms with Gasteiger partial charge in [-0.25, -0.2) is 4.98 Å². The third kappa shape index (κ3) is 3.55. The Morgan fingerprint density at radius 1 is 1.42 bits per heavy atom. The van der Waals surface area contributed by atoms with Gasteiger partial charge in [-0.15, -0.1) is 0 Å². The molecule has 0 aliphatic rings. The Hall–Kier alpha value is -1.39. The van der Waals surface area contributed by atoms with Gasteiger partial charge < -0.3 is 14.6 Å². The lowest BCUT2D eigenvalue weighted by Gasteiger charge is -2.08. The number of nitrogens with one attached hydrogen (secondary N) is 1. The molecule has 0 atom stereocenters. The zero-order chi connectivity index (χ0) is 13.7. The van der Waals surface area contributed by atoms with E-state index in [-0.39, 0.29) is 0 Å². The highest BCUT2D eigenvalue weighted by Gasteiger charge is 2.08. The molecule has 0 aliphatic carbocycles. The van der Waals surface area contributed by atoms with E-state index in [2.05, 4.69) is 41.0 Å². The second-order valence-corrected chi connectivity index (χ2v) is 5.22. The molecule has 0 fully saturated rings. The van der Waals surface area contributed by atoms with Crippen LogP contribution in [0.3, 0.4) is 0 Å². The molecule has 4 nitrogen and oxygen atoms in total. The molecule has 0 unspecified atom stereocenters. The molecule has 0 spiro atoms. The van der Waals surface area contributed by atoms with Gasteiger partial charge in [0.05, 0.1) is 6.61 Å². The van der Waals surface area contributed by atoms with Crippen LogP contribution in [0.25, 0.3) is 11.0 Å². The molecule has 0 amide bonds. The summed E-state index contributed by atoms with van der Waals surface area (Å²) in [4.78, 5) is 4.48. The number of aromatic nitrogens is 2. The van der Waals surface area contributed by atoms with Crippen LogP contribution in [-0.4, -0.2) is 29.8 Å². The van der Waals surface area contributed by atoms with Gasteiger partial charge >= 0.3 is 0 Å². The highest BCUT2D eigenvalue weighted by Crippen LogP contribution is 2.19. The molecule has 0 radical (unpaired) electrons. The summed E-state index contributed by atoms with van der Waals surface area (Å²) >= 11 is 0. The third-order valence-electron chi connectivity index (χ3n) is 3.01. The molecular weight excluding hydrogens is 238 g/mol. The average Bonchev–Trinajstić information content (AvgIpc) is 2.74. The number of ether oxygens (including phenoxy) is 1. The van der Waals surface area contributed by atoms with E-state index in [0.29, 0.717) is 5.92 Å². The Bertz CT molecular complexity index is 519. The first-order valence-corrected chi connectivity index (χ1v) is 6.87. The van der Waals surface area contributed by atoms with Gasteiger partial charge in [0.15, 0.2) is 0 Å². The van der Waals surface area contributed by atoms with Crippen molar-refractivity contribution in [2.75, 3.05) is 20.3 Å². The van der Waals surface area contributed by atoms with Gasteiger partial charge in [0, 0.05) is 37.5 Å². The number of nitrogens with zero attached hydrogens (tertiary/aromatic N) is 2. The average molecular weight is 261 g/mol. The zero-order valence-corrected chi connectivity index (χ0v) is 12.0. The Balaban J connectivity index is 2.09. The fourth-order valence-corrected chi connectivity index (χ4v) is 2.18. The van der Waals surface area contributed by atoms with E-state index in [1.165, 1.54) is 10.9 Å². The predicted octanol–water partition coefficient (Wildman–Crippen LogP) is 2.43. The van der Waals surface area contributed by atoms with Crippen LogP contribution in [0, 0.1) is 5.92 Å². The van der Waals surface area contributed by atoms with Gasteiger partial charge in [0.25, 0.3) is 0 Å². The van der Waals surface area contributed by atoms with Crippen molar-refractivity contribution in [1.82, 2.24) is 14.9 Å². The summed E-state index contributed by atoms with van der Waals surface area (Å²) in [6, 6.07) is 4.11. The second-order valence-electron chi connectivity index (χ2n) is 5.22. The number of hydrogen-bond acceptors (Lipinski definition) is 3. The SMILES string of the molecule is CNCc1cn(CCOCC(C)C)c2ncccc12. The van der Waals surface area contributed by atoms with E-state index in [1.54, 1.807) is 0 Å². The van der Waals surface area contributed by atoms with Crippen molar-refractivity contribution in [2.45, 2.75) is 26.9 Å². The monoisotopic (exact) mass is 261 g/mol. The summed E-state index contributed by atoms with van der Waals surface area (Å²) in [6.45, 7) is 7.59. The highest BCUT2D eigenvalue weighted by molar-refractivity contribution is 5.80. The molecule has 2 aromatic rings. The minimum Gasteiger partial charge on any atom is -0.379 e. The third-order valence-corrected chi connectivity index (χ3v) is 3.01. The predicted molar refractivity (Wildman–Crippen MR) is 78.2 cm³/mol. The van der Waals surface area contributed by atoms with Crippen LogP contribution in [0.15, 0.2) is 24.5 Å². The summed E-state index contributed by atoms with van der Waals surface area (Å²) in [5.41, 5.74) is 2.33. The van der Waals surface area contributed by atoms with Gasteiger partial charge in [-0.2, -0.15) is 0 Å². The van der Waals surface area contributed by atoms with Crippen LogP contribution in [-0.2, 0) is 17.8 Å². The molecule has 2 rings (SSSR count). The van der Waals surface area contributed by atoms with Crippen LogP contribution in [0.2, 0.25) is 0 Å².